The maximum Gasteiger partial charge on any atom is 0.225 e. The molecule has 3 heterocycles. The minimum Gasteiger partial charge on any atom is -0.489 e. The van der Waals surface area contributed by atoms with Gasteiger partial charge in [-0.2, -0.15) is 5.10 Å². The molecule has 32 heavy (non-hydrogen) atoms. The highest BCUT2D eigenvalue weighted by atomic mass is 32.1. The molecule has 2 N–H and O–H groups in total. The molecular weight excluding hydrogens is 424 g/mol. The summed E-state index contributed by atoms with van der Waals surface area (Å²) in [5, 5.41) is 12.7. The van der Waals surface area contributed by atoms with E-state index in [9.17, 15) is 4.79 Å². The Morgan fingerprint density at radius 3 is 2.94 bits per heavy atom. The quantitative estimate of drug-likeness (QED) is 0.471. The normalized spacial score (nSPS) is 15.8. The van der Waals surface area contributed by atoms with Crippen molar-refractivity contribution >= 4 is 49.9 Å². The van der Waals surface area contributed by atoms with Gasteiger partial charge in [0.1, 0.15) is 22.7 Å². The topological polar surface area (TPSA) is 96.0 Å². The van der Waals surface area contributed by atoms with Crippen molar-refractivity contribution < 1.29 is 9.53 Å². The summed E-state index contributed by atoms with van der Waals surface area (Å²) in [6.07, 6.45) is 5.86. The Morgan fingerprint density at radius 2 is 2.16 bits per heavy atom. The first-order chi connectivity index (χ1) is 15.4. The summed E-state index contributed by atoms with van der Waals surface area (Å²) in [4.78, 5) is 25.5. The summed E-state index contributed by atoms with van der Waals surface area (Å²) in [5.74, 6) is 1.73. The Kier molecular flexibility index (Phi) is 5.21. The van der Waals surface area contributed by atoms with Crippen molar-refractivity contribution in [2.45, 2.75) is 39.2 Å². The van der Waals surface area contributed by atoms with Crippen molar-refractivity contribution in [2.24, 2.45) is 5.92 Å². The molecule has 1 aromatic carbocycles. The number of anilines is 2. The van der Waals surface area contributed by atoms with Crippen molar-refractivity contribution in [3.63, 3.8) is 0 Å². The molecule has 0 saturated heterocycles. The summed E-state index contributed by atoms with van der Waals surface area (Å²) in [6.45, 7) is 4.01. The summed E-state index contributed by atoms with van der Waals surface area (Å²) in [5.41, 5.74) is 3.01. The lowest BCUT2D eigenvalue weighted by Gasteiger charge is -2.24. The second kappa shape index (κ2) is 8.05. The molecule has 1 atom stereocenters. The van der Waals surface area contributed by atoms with Crippen LogP contribution in [0.5, 0.6) is 5.75 Å². The van der Waals surface area contributed by atoms with Gasteiger partial charge in [-0.25, -0.2) is 9.97 Å². The number of amides is 1. The van der Waals surface area contributed by atoms with Crippen molar-refractivity contribution in [2.75, 3.05) is 19.4 Å². The lowest BCUT2D eigenvalue weighted by Crippen LogP contribution is -2.32. The van der Waals surface area contributed by atoms with Gasteiger partial charge in [0, 0.05) is 36.3 Å². The monoisotopic (exact) mass is 450 g/mol. The molecule has 5 rings (SSSR count). The van der Waals surface area contributed by atoms with Crippen LogP contribution in [0.4, 0.5) is 11.5 Å². The van der Waals surface area contributed by atoms with Crippen LogP contribution in [-0.2, 0) is 17.6 Å². The Bertz CT molecular complexity index is 1310. The molecule has 0 fully saturated rings. The summed E-state index contributed by atoms with van der Waals surface area (Å²) in [6, 6.07) is 3.98. The maximum atomic E-state index is 12.5. The number of nitrogens with one attached hydrogen (secondary N) is 2. The van der Waals surface area contributed by atoms with Crippen LogP contribution < -0.4 is 10.1 Å². The Hall–Kier alpha value is -3.20. The van der Waals surface area contributed by atoms with Gasteiger partial charge in [-0.1, -0.05) is 0 Å². The van der Waals surface area contributed by atoms with E-state index in [1.54, 1.807) is 28.8 Å². The number of nitrogens with zero attached hydrogens (tertiary/aromatic N) is 4. The number of benzene rings is 1. The van der Waals surface area contributed by atoms with E-state index in [2.05, 4.69) is 25.5 Å². The highest BCUT2D eigenvalue weighted by molar-refractivity contribution is 7.19. The lowest BCUT2D eigenvalue weighted by molar-refractivity contribution is -0.133. The summed E-state index contributed by atoms with van der Waals surface area (Å²) >= 11 is 1.67. The van der Waals surface area contributed by atoms with E-state index in [-0.39, 0.29) is 17.9 Å². The average Bonchev–Trinajstić information content (AvgIpc) is 3.36. The van der Waals surface area contributed by atoms with Gasteiger partial charge in [0.25, 0.3) is 0 Å². The van der Waals surface area contributed by atoms with Crippen molar-refractivity contribution in [3.05, 3.63) is 35.1 Å². The lowest BCUT2D eigenvalue weighted by atomic mass is 9.87. The summed E-state index contributed by atoms with van der Waals surface area (Å²) < 4.78 is 6.07. The molecule has 0 bridgehead atoms. The molecule has 166 valence electrons. The fraction of sp³-hybridized carbons (Fsp3) is 0.391. The Balaban J connectivity index is 1.55. The van der Waals surface area contributed by atoms with Crippen LogP contribution in [0.25, 0.3) is 21.1 Å². The van der Waals surface area contributed by atoms with Crippen LogP contribution in [-0.4, -0.2) is 51.2 Å². The number of carbonyl (C=O) groups excluding carboxylic acids is 1. The maximum absolute atomic E-state index is 12.5. The molecule has 0 spiro atoms. The first kappa shape index (κ1) is 20.7. The van der Waals surface area contributed by atoms with Crippen molar-refractivity contribution in [1.29, 1.82) is 0 Å². The minimum absolute atomic E-state index is 0.0291. The number of rotatable bonds is 5. The number of thiophene rings is 1. The van der Waals surface area contributed by atoms with Gasteiger partial charge in [0.15, 0.2) is 0 Å². The highest BCUT2D eigenvalue weighted by Gasteiger charge is 2.30. The van der Waals surface area contributed by atoms with Gasteiger partial charge < -0.3 is 15.0 Å². The third kappa shape index (κ3) is 3.66. The van der Waals surface area contributed by atoms with Gasteiger partial charge in [-0.15, -0.1) is 11.3 Å². The number of aromatic nitrogens is 4. The van der Waals surface area contributed by atoms with Gasteiger partial charge in [-0.05, 0) is 44.7 Å². The van der Waals surface area contributed by atoms with Crippen LogP contribution in [0.2, 0.25) is 0 Å². The number of carbonyl (C=O) groups is 1. The molecule has 3 aromatic heterocycles. The number of fused-ring (bicyclic) bond motifs is 4. The smallest absolute Gasteiger partial charge is 0.225 e. The Morgan fingerprint density at radius 1 is 1.31 bits per heavy atom. The van der Waals surface area contributed by atoms with Crippen LogP contribution >= 0.6 is 11.3 Å². The van der Waals surface area contributed by atoms with Crippen LogP contribution in [0, 0.1) is 5.92 Å². The van der Waals surface area contributed by atoms with E-state index in [0.717, 1.165) is 57.6 Å². The van der Waals surface area contributed by atoms with Gasteiger partial charge in [0.05, 0.1) is 28.9 Å². The van der Waals surface area contributed by atoms with Gasteiger partial charge in [0.2, 0.25) is 5.91 Å². The average molecular weight is 451 g/mol. The summed E-state index contributed by atoms with van der Waals surface area (Å²) in [7, 11) is 3.65. The number of ether oxygens (including phenoxy) is 1. The van der Waals surface area contributed by atoms with Crippen LogP contribution in [0.1, 0.15) is 30.7 Å². The second-order valence-corrected chi connectivity index (χ2v) is 9.76. The van der Waals surface area contributed by atoms with E-state index >= 15 is 0 Å². The van der Waals surface area contributed by atoms with E-state index in [4.69, 9.17) is 4.74 Å². The predicted molar refractivity (Wildman–Crippen MR) is 127 cm³/mol. The molecule has 9 heteroatoms. The number of aromatic amines is 1. The van der Waals surface area contributed by atoms with Crippen LogP contribution in [0.15, 0.2) is 24.7 Å². The number of aryl methyl sites for hydroxylation is 1. The van der Waals surface area contributed by atoms with E-state index in [1.165, 1.54) is 10.4 Å². The fourth-order valence-corrected chi connectivity index (χ4v) is 5.60. The molecule has 0 aliphatic heterocycles. The zero-order chi connectivity index (χ0) is 22.4. The SMILES string of the molecule is CC(C)Oc1cc2[nH]ncc2cc1Nc1ncnc2sc3c(c12)CC[C@H](C(=O)N(C)C)C3. The third-order valence-electron chi connectivity index (χ3n) is 5.79. The highest BCUT2D eigenvalue weighted by Crippen LogP contribution is 2.42. The second-order valence-electron chi connectivity index (χ2n) is 8.68. The third-order valence-corrected chi connectivity index (χ3v) is 6.95. The molecule has 0 unspecified atom stereocenters. The molecular formula is C23H26N6O2S. The zero-order valence-electron chi connectivity index (χ0n) is 18.6. The molecule has 1 aliphatic rings. The zero-order valence-corrected chi connectivity index (χ0v) is 19.4. The molecule has 0 radical (unpaired) electrons. The predicted octanol–water partition coefficient (Wildman–Crippen LogP) is 4.29. The van der Waals surface area contributed by atoms with Crippen molar-refractivity contribution in [1.82, 2.24) is 25.1 Å². The largest absolute Gasteiger partial charge is 0.489 e. The fourth-order valence-electron chi connectivity index (χ4n) is 4.33. The molecule has 0 saturated carbocycles. The first-order valence-corrected chi connectivity index (χ1v) is 11.6. The first-order valence-electron chi connectivity index (χ1n) is 10.8. The number of H-pyrrole nitrogens is 1. The Labute approximate surface area is 190 Å². The molecule has 1 amide bonds. The minimum atomic E-state index is 0.0291. The number of hydrogen-bond donors (Lipinski definition) is 2. The van der Waals surface area contributed by atoms with Crippen molar-refractivity contribution in [3.8, 4) is 5.75 Å². The molecule has 1 aliphatic carbocycles. The van der Waals surface area contributed by atoms with Gasteiger partial charge >= 0.3 is 0 Å². The van der Waals surface area contributed by atoms with E-state index < -0.39 is 0 Å². The van der Waals surface area contributed by atoms with E-state index in [0.29, 0.717) is 0 Å². The molecule has 8 nitrogen and oxygen atoms in total. The standard InChI is InChI=1S/C23H26N6O2S/c1-12(2)31-18-9-16-14(10-26-28-16)7-17(18)27-21-20-15-6-5-13(23(30)29(3)4)8-19(15)32-22(20)25-11-24-21/h7,9-13H,5-6,8H2,1-4H3,(H,26,28)(H,24,25,27)/t13-/m0/s1. The van der Waals surface area contributed by atoms with Gasteiger partial charge in [-0.3, -0.25) is 9.89 Å². The molecule has 4 aromatic rings. The van der Waals surface area contributed by atoms with E-state index in [1.807, 2.05) is 40.1 Å². The number of hydrogen-bond acceptors (Lipinski definition) is 7. The van der Waals surface area contributed by atoms with Crippen LogP contribution in [0.3, 0.4) is 0 Å².